The van der Waals surface area contributed by atoms with Gasteiger partial charge >= 0.3 is 5.97 Å². The average Bonchev–Trinajstić information content (AvgIpc) is 2.27. The molecule has 0 radical (unpaired) electrons. The lowest BCUT2D eigenvalue weighted by Crippen LogP contribution is -2.11. The molecular formula is C10H12F2N2O3. The summed E-state index contributed by atoms with van der Waals surface area (Å²) in [5, 5.41) is 8.61. The number of alkyl halides is 2. The fourth-order valence-electron chi connectivity index (χ4n) is 1.39. The molecule has 0 aliphatic rings. The number of hydrogen-bond donors (Lipinski definition) is 2. The van der Waals surface area contributed by atoms with Crippen molar-refractivity contribution in [2.75, 3.05) is 7.11 Å². The van der Waals surface area contributed by atoms with Gasteiger partial charge in [-0.25, -0.2) is 13.8 Å². The van der Waals surface area contributed by atoms with Crippen LogP contribution in [0.1, 0.15) is 23.2 Å². The minimum atomic E-state index is -2.80. The summed E-state index contributed by atoms with van der Waals surface area (Å²) >= 11 is 0. The number of nitrogens with zero attached hydrogens (tertiary/aromatic N) is 1. The largest absolute Gasteiger partial charge is 0.481 e. The molecule has 1 aromatic rings. The van der Waals surface area contributed by atoms with Gasteiger partial charge in [0.25, 0.3) is 6.43 Å². The van der Waals surface area contributed by atoms with E-state index in [-0.39, 0.29) is 18.1 Å². The maximum absolute atomic E-state index is 12.7. The van der Waals surface area contributed by atoms with Crippen LogP contribution in [0.25, 0.3) is 0 Å². The zero-order chi connectivity index (χ0) is 13.0. The van der Waals surface area contributed by atoms with Gasteiger partial charge in [0.2, 0.25) is 5.88 Å². The molecule has 0 aromatic carbocycles. The number of halogens is 2. The molecule has 0 saturated carbocycles. The Balaban J connectivity index is 3.29. The average molecular weight is 246 g/mol. The number of carbonyl (C=O) groups is 1. The van der Waals surface area contributed by atoms with Crippen molar-refractivity contribution in [1.29, 1.82) is 0 Å². The Kier molecular flexibility index (Phi) is 4.33. The molecule has 0 aliphatic carbocycles. The normalized spacial score (nSPS) is 10.6. The highest BCUT2D eigenvalue weighted by Gasteiger charge is 2.20. The van der Waals surface area contributed by atoms with Crippen molar-refractivity contribution >= 4 is 5.97 Å². The van der Waals surface area contributed by atoms with Crippen molar-refractivity contribution in [3.8, 4) is 5.88 Å². The number of carboxylic acids is 1. The number of aromatic nitrogens is 1. The highest BCUT2D eigenvalue weighted by molar-refractivity contribution is 5.70. The van der Waals surface area contributed by atoms with Gasteiger partial charge in [-0.15, -0.1) is 0 Å². The molecule has 0 unspecified atom stereocenters. The number of nitrogens with two attached hydrogens (primary N) is 1. The van der Waals surface area contributed by atoms with Crippen LogP contribution in [0.4, 0.5) is 8.78 Å². The van der Waals surface area contributed by atoms with Crippen LogP contribution >= 0.6 is 0 Å². The fourth-order valence-corrected chi connectivity index (χ4v) is 1.39. The first kappa shape index (κ1) is 13.3. The van der Waals surface area contributed by atoms with E-state index < -0.39 is 24.4 Å². The minimum absolute atomic E-state index is 0.0107. The van der Waals surface area contributed by atoms with E-state index in [9.17, 15) is 13.6 Å². The third kappa shape index (κ3) is 3.10. The molecule has 3 N–H and O–H groups in total. The fraction of sp³-hybridized carbons (Fsp3) is 0.400. The minimum Gasteiger partial charge on any atom is -0.481 e. The smallest absolute Gasteiger partial charge is 0.309 e. The maximum atomic E-state index is 12.7. The van der Waals surface area contributed by atoms with Gasteiger partial charge < -0.3 is 15.6 Å². The van der Waals surface area contributed by atoms with E-state index in [4.69, 9.17) is 15.6 Å². The summed E-state index contributed by atoms with van der Waals surface area (Å²) in [4.78, 5) is 14.3. The monoisotopic (exact) mass is 246 g/mol. The highest BCUT2D eigenvalue weighted by atomic mass is 19.3. The molecular weight excluding hydrogens is 234 g/mol. The van der Waals surface area contributed by atoms with Crippen molar-refractivity contribution in [1.82, 2.24) is 4.98 Å². The molecule has 17 heavy (non-hydrogen) atoms. The first-order valence-electron chi connectivity index (χ1n) is 4.76. The molecule has 0 saturated heterocycles. The lowest BCUT2D eigenvalue weighted by molar-refractivity contribution is -0.136. The second-order valence-electron chi connectivity index (χ2n) is 3.27. The van der Waals surface area contributed by atoms with Gasteiger partial charge in [0, 0.05) is 17.7 Å². The van der Waals surface area contributed by atoms with Crippen LogP contribution in [-0.4, -0.2) is 23.2 Å². The van der Waals surface area contributed by atoms with Gasteiger partial charge in [-0.05, 0) is 6.07 Å². The van der Waals surface area contributed by atoms with Gasteiger partial charge in [0.15, 0.2) is 0 Å². The number of ether oxygens (including phenoxy) is 1. The molecule has 0 fully saturated rings. The van der Waals surface area contributed by atoms with Crippen LogP contribution in [0.15, 0.2) is 6.07 Å². The lowest BCUT2D eigenvalue weighted by atomic mass is 10.1. The first-order valence-corrected chi connectivity index (χ1v) is 4.76. The number of hydrogen-bond acceptors (Lipinski definition) is 4. The summed E-state index contributed by atoms with van der Waals surface area (Å²) in [6.45, 7) is -0.0107. The van der Waals surface area contributed by atoms with Crippen LogP contribution < -0.4 is 10.5 Å². The molecule has 1 heterocycles. The van der Waals surface area contributed by atoms with Gasteiger partial charge in [0.05, 0.1) is 19.2 Å². The maximum Gasteiger partial charge on any atom is 0.309 e. The lowest BCUT2D eigenvalue weighted by Gasteiger charge is -2.12. The summed E-state index contributed by atoms with van der Waals surface area (Å²) in [5.74, 6) is -1.16. The Morgan fingerprint density at radius 2 is 2.29 bits per heavy atom. The SMILES string of the molecule is COc1nc(CC(=O)O)c(C(F)F)cc1CN. The molecule has 1 aromatic heterocycles. The molecule has 0 atom stereocenters. The predicted octanol–water partition coefficient (Wildman–Crippen LogP) is 1.11. The summed E-state index contributed by atoms with van der Waals surface area (Å²) in [7, 11) is 1.31. The van der Waals surface area contributed by atoms with Crippen LogP contribution in [-0.2, 0) is 17.8 Å². The third-order valence-electron chi connectivity index (χ3n) is 2.14. The zero-order valence-electron chi connectivity index (χ0n) is 9.11. The molecule has 94 valence electrons. The Morgan fingerprint density at radius 1 is 1.65 bits per heavy atom. The van der Waals surface area contributed by atoms with Crippen molar-refractivity contribution < 1.29 is 23.4 Å². The summed E-state index contributed by atoms with van der Waals surface area (Å²) in [6, 6.07) is 1.13. The summed E-state index contributed by atoms with van der Waals surface area (Å²) < 4.78 is 30.3. The number of rotatable bonds is 5. The Morgan fingerprint density at radius 3 is 2.71 bits per heavy atom. The second kappa shape index (κ2) is 5.53. The molecule has 0 bridgehead atoms. The van der Waals surface area contributed by atoms with Crippen molar-refractivity contribution in [2.24, 2.45) is 5.73 Å². The zero-order valence-corrected chi connectivity index (χ0v) is 9.11. The second-order valence-corrected chi connectivity index (χ2v) is 3.27. The van der Waals surface area contributed by atoms with E-state index in [1.807, 2.05) is 0 Å². The summed E-state index contributed by atoms with van der Waals surface area (Å²) in [5.41, 5.74) is 5.05. The summed E-state index contributed by atoms with van der Waals surface area (Å²) in [6.07, 6.45) is -3.38. The van der Waals surface area contributed by atoms with Crippen LogP contribution in [0.5, 0.6) is 5.88 Å². The quantitative estimate of drug-likeness (QED) is 0.812. The van der Waals surface area contributed by atoms with E-state index in [2.05, 4.69) is 4.98 Å². The molecule has 0 aliphatic heterocycles. The first-order chi connectivity index (χ1) is 7.99. The van der Waals surface area contributed by atoms with E-state index in [0.717, 1.165) is 6.07 Å². The Hall–Kier alpha value is -1.76. The van der Waals surface area contributed by atoms with Crippen molar-refractivity contribution in [3.05, 3.63) is 22.9 Å². The molecule has 7 heteroatoms. The van der Waals surface area contributed by atoms with Crippen molar-refractivity contribution in [2.45, 2.75) is 19.4 Å². The highest BCUT2D eigenvalue weighted by Crippen LogP contribution is 2.27. The molecule has 0 amide bonds. The van der Waals surface area contributed by atoms with Crippen LogP contribution in [0.3, 0.4) is 0 Å². The molecule has 1 rings (SSSR count). The van der Waals surface area contributed by atoms with Gasteiger partial charge in [0.1, 0.15) is 0 Å². The van der Waals surface area contributed by atoms with Crippen molar-refractivity contribution in [3.63, 3.8) is 0 Å². The number of aliphatic carboxylic acids is 1. The van der Waals surface area contributed by atoms with E-state index in [1.54, 1.807) is 0 Å². The van der Waals surface area contributed by atoms with Gasteiger partial charge in [-0.3, -0.25) is 4.79 Å². The van der Waals surface area contributed by atoms with E-state index in [0.29, 0.717) is 5.56 Å². The van der Waals surface area contributed by atoms with Crippen LogP contribution in [0.2, 0.25) is 0 Å². The standard InChI is InChI=1S/C10H12F2N2O3/c1-17-10-5(4-13)2-6(9(11)12)7(14-10)3-8(15)16/h2,9H,3-4,13H2,1H3,(H,15,16). The van der Waals surface area contributed by atoms with E-state index in [1.165, 1.54) is 7.11 Å². The van der Waals surface area contributed by atoms with Crippen LogP contribution in [0, 0.1) is 0 Å². The number of pyridine rings is 1. The topological polar surface area (TPSA) is 85.4 Å². The number of carboxylic acid groups (broad SMARTS) is 1. The number of methoxy groups -OCH3 is 1. The Bertz CT molecular complexity index is 424. The van der Waals surface area contributed by atoms with Gasteiger partial charge in [-0.2, -0.15) is 0 Å². The predicted molar refractivity (Wildman–Crippen MR) is 55.0 cm³/mol. The molecule has 5 nitrogen and oxygen atoms in total. The van der Waals surface area contributed by atoms with Gasteiger partial charge in [-0.1, -0.05) is 0 Å². The Labute approximate surface area is 96.2 Å². The third-order valence-corrected chi connectivity index (χ3v) is 2.14. The van der Waals surface area contributed by atoms with E-state index >= 15 is 0 Å². The molecule has 0 spiro atoms.